The van der Waals surface area contributed by atoms with E-state index in [1.165, 1.54) is 5.56 Å². The van der Waals surface area contributed by atoms with Crippen LogP contribution < -0.4 is 14.8 Å². The zero-order chi connectivity index (χ0) is 20.6. The van der Waals surface area contributed by atoms with Crippen molar-refractivity contribution >= 4 is 5.91 Å². The summed E-state index contributed by atoms with van der Waals surface area (Å²) in [6, 6.07) is 23.9. The van der Waals surface area contributed by atoms with Crippen LogP contribution in [0.15, 0.2) is 72.8 Å². The lowest BCUT2D eigenvalue weighted by Gasteiger charge is -2.20. The summed E-state index contributed by atoms with van der Waals surface area (Å²) in [5.41, 5.74) is 4.36. The number of benzene rings is 3. The van der Waals surface area contributed by atoms with Crippen LogP contribution in [0.1, 0.15) is 34.7 Å². The SMILES string of the molecule is COc1ccc(CCC(=O)NC(c2ccccc2)c2ccc(C)cc2)cc1OC. The van der Waals surface area contributed by atoms with Gasteiger partial charge in [0.15, 0.2) is 11.5 Å². The quantitative estimate of drug-likeness (QED) is 0.599. The predicted molar refractivity (Wildman–Crippen MR) is 115 cm³/mol. The number of hydrogen-bond donors (Lipinski definition) is 1. The maximum atomic E-state index is 12.8. The minimum atomic E-state index is -0.172. The van der Waals surface area contributed by atoms with Gasteiger partial charge in [0, 0.05) is 6.42 Å². The molecule has 3 aromatic carbocycles. The van der Waals surface area contributed by atoms with Gasteiger partial charge in [-0.25, -0.2) is 0 Å². The standard InChI is InChI=1S/C25H27NO3/c1-18-9-13-21(14-10-18)25(20-7-5-4-6-8-20)26-24(27)16-12-19-11-15-22(28-2)23(17-19)29-3/h4-11,13-15,17,25H,12,16H2,1-3H3,(H,26,27). The zero-order valence-corrected chi connectivity index (χ0v) is 17.1. The second-order valence-corrected chi connectivity index (χ2v) is 7.01. The van der Waals surface area contributed by atoms with Crippen molar-refractivity contribution in [2.45, 2.75) is 25.8 Å². The molecule has 29 heavy (non-hydrogen) atoms. The highest BCUT2D eigenvalue weighted by molar-refractivity contribution is 5.77. The molecule has 0 aliphatic carbocycles. The van der Waals surface area contributed by atoms with Gasteiger partial charge in [0.1, 0.15) is 0 Å². The summed E-state index contributed by atoms with van der Waals surface area (Å²) < 4.78 is 10.6. The van der Waals surface area contributed by atoms with Crippen molar-refractivity contribution in [2.24, 2.45) is 0 Å². The lowest BCUT2D eigenvalue weighted by molar-refractivity contribution is -0.121. The fraction of sp³-hybridized carbons (Fsp3) is 0.240. The first-order chi connectivity index (χ1) is 14.1. The second kappa shape index (κ2) is 9.78. The topological polar surface area (TPSA) is 47.6 Å². The van der Waals surface area contributed by atoms with Gasteiger partial charge < -0.3 is 14.8 Å². The highest BCUT2D eigenvalue weighted by Gasteiger charge is 2.17. The van der Waals surface area contributed by atoms with Crippen molar-refractivity contribution in [2.75, 3.05) is 14.2 Å². The van der Waals surface area contributed by atoms with Crippen LogP contribution in [0, 0.1) is 6.92 Å². The highest BCUT2D eigenvalue weighted by Crippen LogP contribution is 2.28. The molecule has 0 aliphatic heterocycles. The molecule has 1 unspecified atom stereocenters. The summed E-state index contributed by atoms with van der Waals surface area (Å²) in [6.45, 7) is 2.06. The van der Waals surface area contributed by atoms with Gasteiger partial charge in [-0.1, -0.05) is 66.2 Å². The number of aryl methyl sites for hydroxylation is 2. The number of carbonyl (C=O) groups is 1. The van der Waals surface area contributed by atoms with Crippen molar-refractivity contribution in [3.63, 3.8) is 0 Å². The third-order valence-corrected chi connectivity index (χ3v) is 4.94. The molecule has 0 saturated carbocycles. The third kappa shape index (κ3) is 5.38. The molecule has 0 radical (unpaired) electrons. The smallest absolute Gasteiger partial charge is 0.221 e. The minimum Gasteiger partial charge on any atom is -0.493 e. The summed E-state index contributed by atoms with van der Waals surface area (Å²) in [5.74, 6) is 1.37. The number of hydrogen-bond acceptors (Lipinski definition) is 3. The van der Waals surface area contributed by atoms with Gasteiger partial charge in [-0.2, -0.15) is 0 Å². The highest BCUT2D eigenvalue weighted by atomic mass is 16.5. The Bertz CT molecular complexity index is 936. The first-order valence-corrected chi connectivity index (χ1v) is 9.72. The Morgan fingerprint density at radius 1 is 0.862 bits per heavy atom. The van der Waals surface area contributed by atoms with Crippen molar-refractivity contribution in [3.05, 3.63) is 95.1 Å². The number of amides is 1. The maximum Gasteiger partial charge on any atom is 0.221 e. The molecule has 0 spiro atoms. The van der Waals surface area contributed by atoms with Crippen LogP contribution in [0.25, 0.3) is 0 Å². The average Bonchev–Trinajstić information content (AvgIpc) is 2.77. The minimum absolute atomic E-state index is 0.00853. The molecular formula is C25H27NO3. The summed E-state index contributed by atoms with van der Waals surface area (Å²) in [4.78, 5) is 12.8. The summed E-state index contributed by atoms with van der Waals surface area (Å²) in [6.07, 6.45) is 1.02. The van der Waals surface area contributed by atoms with Gasteiger partial charge in [-0.05, 0) is 42.2 Å². The van der Waals surface area contributed by atoms with Gasteiger partial charge in [0.25, 0.3) is 0 Å². The van der Waals surface area contributed by atoms with Gasteiger partial charge >= 0.3 is 0 Å². The maximum absolute atomic E-state index is 12.8. The van der Waals surface area contributed by atoms with E-state index in [-0.39, 0.29) is 11.9 Å². The average molecular weight is 389 g/mol. The number of methoxy groups -OCH3 is 2. The molecule has 3 aromatic rings. The van der Waals surface area contributed by atoms with Crippen LogP contribution >= 0.6 is 0 Å². The molecule has 1 atom stereocenters. The number of nitrogens with one attached hydrogen (secondary N) is 1. The van der Waals surface area contributed by atoms with Crippen LogP contribution in [0.2, 0.25) is 0 Å². The molecule has 0 saturated heterocycles. The van der Waals surface area contributed by atoms with Gasteiger partial charge in [0.05, 0.1) is 20.3 Å². The molecule has 150 valence electrons. The van der Waals surface area contributed by atoms with E-state index >= 15 is 0 Å². The fourth-order valence-electron chi connectivity index (χ4n) is 3.29. The summed E-state index contributed by atoms with van der Waals surface area (Å²) >= 11 is 0. The molecule has 4 nitrogen and oxygen atoms in total. The Morgan fingerprint density at radius 3 is 2.17 bits per heavy atom. The van der Waals surface area contributed by atoms with E-state index in [1.54, 1.807) is 14.2 Å². The summed E-state index contributed by atoms with van der Waals surface area (Å²) in [7, 11) is 3.22. The molecule has 0 heterocycles. The van der Waals surface area contributed by atoms with E-state index in [0.29, 0.717) is 24.3 Å². The van der Waals surface area contributed by atoms with Gasteiger partial charge in [0.2, 0.25) is 5.91 Å². The summed E-state index contributed by atoms with van der Waals surface area (Å²) in [5, 5.41) is 3.20. The third-order valence-electron chi connectivity index (χ3n) is 4.94. The molecular weight excluding hydrogens is 362 g/mol. The van der Waals surface area contributed by atoms with E-state index in [9.17, 15) is 4.79 Å². The van der Waals surface area contributed by atoms with Crippen LogP contribution in [-0.2, 0) is 11.2 Å². The Hall–Kier alpha value is -3.27. The molecule has 0 bridgehead atoms. The Labute approximate surface area is 172 Å². The first-order valence-electron chi connectivity index (χ1n) is 9.72. The van der Waals surface area contributed by atoms with E-state index in [1.807, 2.05) is 48.5 Å². The number of ether oxygens (including phenoxy) is 2. The molecule has 1 N–H and O–H groups in total. The molecule has 3 rings (SSSR count). The van der Waals surface area contributed by atoms with Gasteiger partial charge in [-0.3, -0.25) is 4.79 Å². The van der Waals surface area contributed by atoms with Crippen LogP contribution in [0.4, 0.5) is 0 Å². The Kier molecular flexibility index (Phi) is 6.90. The zero-order valence-electron chi connectivity index (χ0n) is 17.1. The number of carbonyl (C=O) groups excluding carboxylic acids is 1. The Morgan fingerprint density at radius 2 is 1.52 bits per heavy atom. The molecule has 0 fully saturated rings. The number of rotatable bonds is 8. The normalized spacial score (nSPS) is 11.6. The predicted octanol–water partition coefficient (Wildman–Crippen LogP) is 4.85. The largest absolute Gasteiger partial charge is 0.493 e. The van der Waals surface area contributed by atoms with Crippen molar-refractivity contribution in [1.29, 1.82) is 0 Å². The van der Waals surface area contributed by atoms with Crippen molar-refractivity contribution < 1.29 is 14.3 Å². The fourth-order valence-corrected chi connectivity index (χ4v) is 3.29. The lowest BCUT2D eigenvalue weighted by atomic mass is 9.97. The lowest BCUT2D eigenvalue weighted by Crippen LogP contribution is -2.29. The van der Waals surface area contributed by atoms with E-state index < -0.39 is 0 Å². The van der Waals surface area contributed by atoms with E-state index in [4.69, 9.17) is 9.47 Å². The molecule has 1 amide bonds. The molecule has 4 heteroatoms. The monoisotopic (exact) mass is 389 g/mol. The van der Waals surface area contributed by atoms with Gasteiger partial charge in [-0.15, -0.1) is 0 Å². The first kappa shape index (κ1) is 20.5. The van der Waals surface area contributed by atoms with Crippen LogP contribution in [0.5, 0.6) is 11.5 Å². The Balaban J connectivity index is 1.71. The molecule has 0 aliphatic rings. The molecule has 0 aromatic heterocycles. The van der Waals surface area contributed by atoms with Crippen molar-refractivity contribution in [3.8, 4) is 11.5 Å². The van der Waals surface area contributed by atoms with E-state index in [0.717, 1.165) is 16.7 Å². The van der Waals surface area contributed by atoms with Crippen LogP contribution in [0.3, 0.4) is 0 Å². The second-order valence-electron chi connectivity index (χ2n) is 7.01. The van der Waals surface area contributed by atoms with Crippen molar-refractivity contribution in [1.82, 2.24) is 5.32 Å². The van der Waals surface area contributed by atoms with E-state index in [2.05, 4.69) is 36.5 Å². The van der Waals surface area contributed by atoms with Crippen LogP contribution in [-0.4, -0.2) is 20.1 Å².